The number of nitrogens with zero attached hydrogens (tertiary/aromatic N) is 2. The van der Waals surface area contributed by atoms with Gasteiger partial charge in [0.1, 0.15) is 11.9 Å². The summed E-state index contributed by atoms with van der Waals surface area (Å²) in [5, 5.41) is 23.0. The third-order valence-electron chi connectivity index (χ3n) is 6.06. The lowest BCUT2D eigenvalue weighted by Gasteiger charge is -2.24. The Morgan fingerprint density at radius 2 is 1.86 bits per heavy atom. The molecule has 0 fully saturated rings. The fraction of sp³-hybridized carbons (Fsp3) is 0.179. The number of ether oxygens (including phenoxy) is 3. The molecule has 1 atom stereocenters. The molecular weight excluding hydrogens is 546 g/mol. The first-order valence-corrected chi connectivity index (χ1v) is 12.5. The molecule has 0 spiro atoms. The van der Waals surface area contributed by atoms with Crippen LogP contribution < -0.4 is 31.9 Å². The van der Waals surface area contributed by atoms with Crippen molar-refractivity contribution in [2.45, 2.75) is 19.6 Å². The molecule has 0 saturated heterocycles. The molecule has 0 saturated carbocycles. The number of aromatic amines is 1. The molecule has 1 aliphatic rings. The second-order valence-corrected chi connectivity index (χ2v) is 9.02. The molecule has 1 aromatic heterocycles. The number of rotatable bonds is 8. The number of amides is 1. The van der Waals surface area contributed by atoms with Gasteiger partial charge < -0.3 is 36.1 Å². The number of methoxy groups -OCH3 is 1. The highest BCUT2D eigenvalue weighted by Gasteiger charge is 2.26. The Balaban J connectivity index is 0.000000952. The Morgan fingerprint density at radius 1 is 1.17 bits per heavy atom. The van der Waals surface area contributed by atoms with Crippen LogP contribution in [0.15, 0.2) is 65.5 Å². The molecule has 8 N–H and O–H groups in total. The lowest BCUT2D eigenvalue weighted by Crippen LogP contribution is -2.21. The zero-order chi connectivity index (χ0) is 30.4. The minimum absolute atomic E-state index is 0.0521. The number of anilines is 1. The molecule has 3 aromatic carbocycles. The van der Waals surface area contributed by atoms with E-state index in [-0.39, 0.29) is 29.7 Å². The van der Waals surface area contributed by atoms with Gasteiger partial charge in [0, 0.05) is 23.7 Å². The van der Waals surface area contributed by atoms with Crippen molar-refractivity contribution in [1.29, 1.82) is 5.41 Å². The standard InChI is InChI=1S/C26H25N7O5.C2H4O2/c1-36-20-11-15(10-16-12-37-13-38-22(16)20)21(30-17-8-6-14(7-9-17)23(27)28)25-31-26(35)33(32-25)19-5-3-2-4-18(19)24(29)34;1-2(3)4/h2-11,21,30H,12-13H2,1H3,(H3,27,28)(H2,29,34)(H,31,32,35);1H3,(H,3,4). The molecule has 2 heterocycles. The van der Waals surface area contributed by atoms with Crippen LogP contribution in [0.3, 0.4) is 0 Å². The molecule has 42 heavy (non-hydrogen) atoms. The molecule has 218 valence electrons. The highest BCUT2D eigenvalue weighted by atomic mass is 16.7. The van der Waals surface area contributed by atoms with Crippen molar-refractivity contribution in [2.75, 3.05) is 19.2 Å². The van der Waals surface area contributed by atoms with Gasteiger partial charge in [-0.15, -0.1) is 5.10 Å². The van der Waals surface area contributed by atoms with E-state index in [2.05, 4.69) is 15.4 Å². The highest BCUT2D eigenvalue weighted by Crippen LogP contribution is 2.38. The smallest absolute Gasteiger partial charge is 0.348 e. The third kappa shape index (κ3) is 6.56. The number of para-hydroxylation sites is 1. The third-order valence-corrected chi connectivity index (χ3v) is 6.06. The van der Waals surface area contributed by atoms with Crippen LogP contribution in [0, 0.1) is 5.41 Å². The fourth-order valence-corrected chi connectivity index (χ4v) is 4.25. The van der Waals surface area contributed by atoms with Crippen LogP contribution in [0.5, 0.6) is 11.5 Å². The van der Waals surface area contributed by atoms with E-state index in [4.69, 9.17) is 41.0 Å². The van der Waals surface area contributed by atoms with Gasteiger partial charge in [0.25, 0.3) is 11.9 Å². The van der Waals surface area contributed by atoms with E-state index in [9.17, 15) is 9.59 Å². The average Bonchev–Trinajstić information content (AvgIpc) is 3.36. The Bertz CT molecular complexity index is 1660. The van der Waals surface area contributed by atoms with Crippen LogP contribution in [-0.2, 0) is 16.1 Å². The van der Waals surface area contributed by atoms with Gasteiger partial charge in [-0.2, -0.15) is 4.68 Å². The highest BCUT2D eigenvalue weighted by molar-refractivity contribution is 5.96. The summed E-state index contributed by atoms with van der Waals surface area (Å²) < 4.78 is 17.8. The molecule has 0 bridgehead atoms. The SMILES string of the molecule is CC(=O)O.COc1cc(C(Nc2ccc(C(=N)N)cc2)c2nn(-c3ccccc3C(N)=O)c(=O)[nH]2)cc2c1OCOC2. The van der Waals surface area contributed by atoms with Crippen molar-refractivity contribution in [2.24, 2.45) is 11.5 Å². The second-order valence-electron chi connectivity index (χ2n) is 9.02. The van der Waals surface area contributed by atoms with Gasteiger partial charge in [-0.3, -0.25) is 20.0 Å². The topological polar surface area (TPSA) is 221 Å². The Labute approximate surface area is 239 Å². The summed E-state index contributed by atoms with van der Waals surface area (Å²) in [5.74, 6) is -0.216. The van der Waals surface area contributed by atoms with Crippen LogP contribution in [0.1, 0.15) is 45.8 Å². The molecular formula is C28H29N7O7. The number of aliphatic carboxylic acids is 1. The van der Waals surface area contributed by atoms with Crippen molar-refractivity contribution in [3.63, 3.8) is 0 Å². The number of aromatic nitrogens is 3. The number of H-pyrrole nitrogens is 1. The summed E-state index contributed by atoms with van der Waals surface area (Å²) in [5.41, 5.74) is 13.7. The number of carbonyl (C=O) groups is 2. The maximum absolute atomic E-state index is 13.0. The lowest BCUT2D eigenvalue weighted by molar-refractivity contribution is -0.134. The number of fused-ring (bicyclic) bond motifs is 1. The first-order chi connectivity index (χ1) is 20.1. The summed E-state index contributed by atoms with van der Waals surface area (Å²) in [6, 6.07) is 16.4. The van der Waals surface area contributed by atoms with E-state index >= 15 is 0 Å². The van der Waals surface area contributed by atoms with Crippen LogP contribution in [0.4, 0.5) is 5.69 Å². The number of nitrogen functional groups attached to an aromatic ring is 1. The maximum Gasteiger partial charge on any atom is 0.348 e. The van der Waals surface area contributed by atoms with Gasteiger partial charge in [0.05, 0.1) is 25.0 Å². The monoisotopic (exact) mass is 575 g/mol. The minimum Gasteiger partial charge on any atom is -0.493 e. The molecule has 14 nitrogen and oxygen atoms in total. The Morgan fingerprint density at radius 3 is 2.50 bits per heavy atom. The van der Waals surface area contributed by atoms with Gasteiger partial charge in [-0.05, 0) is 54.1 Å². The number of amidine groups is 1. The Hall–Kier alpha value is -5.63. The first kappa shape index (κ1) is 29.4. The van der Waals surface area contributed by atoms with Crippen LogP contribution in [0.2, 0.25) is 0 Å². The number of hydrogen-bond acceptors (Lipinski definition) is 9. The molecule has 1 amide bonds. The van der Waals surface area contributed by atoms with Crippen molar-refractivity contribution in [3.8, 4) is 17.2 Å². The number of nitrogens with one attached hydrogen (secondary N) is 3. The lowest BCUT2D eigenvalue weighted by atomic mass is 10.0. The van der Waals surface area contributed by atoms with Gasteiger partial charge >= 0.3 is 5.69 Å². The minimum atomic E-state index is -0.833. The summed E-state index contributed by atoms with van der Waals surface area (Å²) in [6.07, 6.45) is 0. The zero-order valence-corrected chi connectivity index (χ0v) is 22.7. The normalized spacial score (nSPS) is 12.5. The van der Waals surface area contributed by atoms with Crippen molar-refractivity contribution in [3.05, 3.63) is 99.2 Å². The second kappa shape index (κ2) is 12.7. The van der Waals surface area contributed by atoms with E-state index in [1.165, 1.54) is 6.07 Å². The molecule has 0 aliphatic carbocycles. The van der Waals surface area contributed by atoms with E-state index < -0.39 is 23.6 Å². The van der Waals surface area contributed by atoms with E-state index in [0.29, 0.717) is 34.9 Å². The first-order valence-electron chi connectivity index (χ1n) is 12.5. The summed E-state index contributed by atoms with van der Waals surface area (Å²) >= 11 is 0. The van der Waals surface area contributed by atoms with E-state index in [0.717, 1.165) is 17.2 Å². The molecule has 1 unspecified atom stereocenters. The number of nitrogens with two attached hydrogens (primary N) is 2. The molecule has 0 radical (unpaired) electrons. The van der Waals surface area contributed by atoms with Crippen LogP contribution in [-0.4, -0.2) is 51.5 Å². The fourth-order valence-electron chi connectivity index (χ4n) is 4.25. The maximum atomic E-state index is 13.0. The van der Waals surface area contributed by atoms with E-state index in [1.54, 1.807) is 55.6 Å². The number of carboxylic acid groups (broad SMARTS) is 1. The Kier molecular flexibility index (Phi) is 8.87. The summed E-state index contributed by atoms with van der Waals surface area (Å²) in [4.78, 5) is 36.8. The number of carboxylic acids is 1. The number of carbonyl (C=O) groups excluding carboxylic acids is 1. The molecule has 4 aromatic rings. The molecule has 5 rings (SSSR count). The predicted octanol–water partition coefficient (Wildman–Crippen LogP) is 2.11. The van der Waals surface area contributed by atoms with Gasteiger partial charge in [-0.25, -0.2) is 4.79 Å². The largest absolute Gasteiger partial charge is 0.493 e. The van der Waals surface area contributed by atoms with Crippen molar-refractivity contribution in [1.82, 2.24) is 14.8 Å². The van der Waals surface area contributed by atoms with Gasteiger partial charge in [0.2, 0.25) is 0 Å². The number of benzene rings is 3. The number of hydrogen-bond donors (Lipinski definition) is 6. The number of primary amides is 1. The van der Waals surface area contributed by atoms with Crippen LogP contribution >= 0.6 is 0 Å². The summed E-state index contributed by atoms with van der Waals surface area (Å²) in [7, 11) is 1.54. The van der Waals surface area contributed by atoms with Crippen molar-refractivity contribution < 1.29 is 28.9 Å². The zero-order valence-electron chi connectivity index (χ0n) is 22.7. The summed E-state index contributed by atoms with van der Waals surface area (Å²) in [6.45, 7) is 1.51. The molecule has 14 heteroatoms. The quantitative estimate of drug-likeness (QED) is 0.133. The molecule has 1 aliphatic heterocycles. The average molecular weight is 576 g/mol. The van der Waals surface area contributed by atoms with Gasteiger partial charge in [0.15, 0.2) is 24.1 Å². The van der Waals surface area contributed by atoms with Crippen molar-refractivity contribution >= 4 is 23.4 Å². The predicted molar refractivity (Wildman–Crippen MR) is 152 cm³/mol. The van der Waals surface area contributed by atoms with Crippen LogP contribution in [0.25, 0.3) is 5.69 Å². The van der Waals surface area contributed by atoms with Gasteiger partial charge in [-0.1, -0.05) is 12.1 Å². The van der Waals surface area contributed by atoms with E-state index in [1.807, 2.05) is 6.07 Å².